The van der Waals surface area contributed by atoms with E-state index in [-0.39, 0.29) is 12.1 Å². The highest BCUT2D eigenvalue weighted by Gasteiger charge is 2.19. The predicted octanol–water partition coefficient (Wildman–Crippen LogP) is 3.23. The van der Waals surface area contributed by atoms with E-state index < -0.39 is 0 Å². The molecule has 3 heteroatoms. The molecule has 0 aliphatic heterocycles. The fraction of sp³-hybridized carbons (Fsp3) is 0.600. The number of rotatable bonds is 8. The van der Waals surface area contributed by atoms with E-state index >= 15 is 0 Å². The molecule has 1 unspecified atom stereocenters. The summed E-state index contributed by atoms with van der Waals surface area (Å²) in [5.41, 5.74) is 1.20. The lowest BCUT2D eigenvalue weighted by atomic mass is 9.96. The molecule has 1 atom stereocenters. The maximum atomic E-state index is 9.28. The number of aliphatic hydroxyl groups excluding tert-OH is 1. The van der Waals surface area contributed by atoms with E-state index in [9.17, 15) is 5.11 Å². The average molecular weight is 267 g/mol. The van der Waals surface area contributed by atoms with Gasteiger partial charge < -0.3 is 10.4 Å². The van der Waals surface area contributed by atoms with Crippen molar-refractivity contribution in [2.75, 3.05) is 19.4 Å². The van der Waals surface area contributed by atoms with Crippen LogP contribution in [0.4, 0.5) is 0 Å². The minimum atomic E-state index is -0.117. The fourth-order valence-electron chi connectivity index (χ4n) is 1.72. The third kappa shape index (κ3) is 5.42. The first-order valence-corrected chi connectivity index (χ1v) is 7.57. The highest BCUT2D eigenvalue weighted by molar-refractivity contribution is 7.99. The van der Waals surface area contributed by atoms with Gasteiger partial charge in [-0.25, -0.2) is 0 Å². The fourth-order valence-corrected chi connectivity index (χ4v) is 2.64. The van der Waals surface area contributed by atoms with Crippen molar-refractivity contribution in [2.45, 2.75) is 43.5 Å². The molecule has 1 aromatic carbocycles. The van der Waals surface area contributed by atoms with Crippen LogP contribution in [-0.2, 0) is 0 Å². The Kier molecular flexibility index (Phi) is 6.76. The average Bonchev–Trinajstić information content (AvgIpc) is 2.40. The molecule has 0 fully saturated rings. The first-order chi connectivity index (χ1) is 8.59. The van der Waals surface area contributed by atoms with Crippen LogP contribution >= 0.6 is 11.8 Å². The molecule has 1 aromatic rings. The lowest BCUT2D eigenvalue weighted by Crippen LogP contribution is -2.43. The highest BCUT2D eigenvalue weighted by atomic mass is 32.2. The summed E-state index contributed by atoms with van der Waals surface area (Å²) in [6.07, 6.45) is 3.36. The number of hydrogen-bond donors (Lipinski definition) is 2. The van der Waals surface area contributed by atoms with Crippen LogP contribution in [0, 0.1) is 6.92 Å². The molecule has 2 N–H and O–H groups in total. The lowest BCUT2D eigenvalue weighted by Gasteiger charge is -2.26. The summed E-state index contributed by atoms with van der Waals surface area (Å²) >= 11 is 1.91. The normalized spacial score (nSPS) is 14.4. The van der Waals surface area contributed by atoms with Crippen LogP contribution < -0.4 is 5.32 Å². The molecule has 0 aliphatic carbocycles. The Balaban J connectivity index is 2.17. The smallest absolute Gasteiger partial charge is 0.0610 e. The molecule has 0 saturated carbocycles. The SMILES string of the molecule is CNC(C)(CO)CCCCSc1ccc(C)cc1. The van der Waals surface area contributed by atoms with Crippen molar-refractivity contribution < 1.29 is 5.11 Å². The molecule has 102 valence electrons. The molecule has 0 bridgehead atoms. The molecule has 0 amide bonds. The molecule has 1 rings (SSSR count). The van der Waals surface area contributed by atoms with Crippen LogP contribution in [0.5, 0.6) is 0 Å². The zero-order valence-corrected chi connectivity index (χ0v) is 12.5. The molecule has 0 spiro atoms. The third-order valence-electron chi connectivity index (χ3n) is 3.37. The molecular weight excluding hydrogens is 242 g/mol. The standard InChI is InChI=1S/C15H25NOS/c1-13-6-8-14(9-7-13)18-11-5-4-10-15(2,12-17)16-3/h6-9,16-17H,4-5,10-12H2,1-3H3. The Morgan fingerprint density at radius 3 is 2.44 bits per heavy atom. The van der Waals surface area contributed by atoms with Gasteiger partial charge in [-0.05, 0) is 51.6 Å². The van der Waals surface area contributed by atoms with Gasteiger partial charge in [0.25, 0.3) is 0 Å². The molecule has 0 radical (unpaired) electrons. The summed E-state index contributed by atoms with van der Waals surface area (Å²) in [6, 6.07) is 8.69. The van der Waals surface area contributed by atoms with E-state index in [1.165, 1.54) is 16.9 Å². The van der Waals surface area contributed by atoms with Crippen molar-refractivity contribution in [3.05, 3.63) is 29.8 Å². The highest BCUT2D eigenvalue weighted by Crippen LogP contribution is 2.21. The van der Waals surface area contributed by atoms with Crippen LogP contribution in [0.15, 0.2) is 29.2 Å². The summed E-state index contributed by atoms with van der Waals surface area (Å²) in [7, 11) is 1.91. The second-order valence-corrected chi connectivity index (χ2v) is 6.26. The van der Waals surface area contributed by atoms with Gasteiger partial charge in [-0.3, -0.25) is 0 Å². The van der Waals surface area contributed by atoms with Crippen LogP contribution in [0.3, 0.4) is 0 Å². The number of thioether (sulfide) groups is 1. The van der Waals surface area contributed by atoms with Gasteiger partial charge in [-0.15, -0.1) is 11.8 Å². The number of unbranched alkanes of at least 4 members (excludes halogenated alkanes) is 1. The first kappa shape index (κ1) is 15.5. The van der Waals surface area contributed by atoms with Crippen LogP contribution in [0.1, 0.15) is 31.7 Å². The number of benzene rings is 1. The van der Waals surface area contributed by atoms with E-state index in [1.54, 1.807) is 0 Å². The number of aryl methyl sites for hydroxylation is 1. The molecule has 0 aliphatic rings. The van der Waals surface area contributed by atoms with Crippen molar-refractivity contribution in [1.82, 2.24) is 5.32 Å². The Bertz CT molecular complexity index is 333. The monoisotopic (exact) mass is 267 g/mol. The molecule has 0 heterocycles. The topological polar surface area (TPSA) is 32.3 Å². The van der Waals surface area contributed by atoms with E-state index in [1.807, 2.05) is 18.8 Å². The largest absolute Gasteiger partial charge is 0.394 e. The lowest BCUT2D eigenvalue weighted by molar-refractivity contribution is 0.171. The Morgan fingerprint density at radius 2 is 1.89 bits per heavy atom. The molecule has 0 aromatic heterocycles. The van der Waals surface area contributed by atoms with Crippen molar-refractivity contribution >= 4 is 11.8 Å². The summed E-state index contributed by atoms with van der Waals surface area (Å²) < 4.78 is 0. The second-order valence-electron chi connectivity index (χ2n) is 5.09. The van der Waals surface area contributed by atoms with Crippen LogP contribution in [0.2, 0.25) is 0 Å². The Hall–Kier alpha value is -0.510. The van der Waals surface area contributed by atoms with Gasteiger partial charge in [0.1, 0.15) is 0 Å². The summed E-state index contributed by atoms with van der Waals surface area (Å²) in [6.45, 7) is 4.39. The predicted molar refractivity (Wildman–Crippen MR) is 80.3 cm³/mol. The third-order valence-corrected chi connectivity index (χ3v) is 4.46. The molecule has 0 saturated heterocycles. The maximum Gasteiger partial charge on any atom is 0.0610 e. The number of likely N-dealkylation sites (N-methyl/N-ethyl adjacent to an activating group) is 1. The first-order valence-electron chi connectivity index (χ1n) is 6.59. The Labute approximate surface area is 115 Å². The van der Waals surface area contributed by atoms with E-state index in [2.05, 4.69) is 43.4 Å². The van der Waals surface area contributed by atoms with E-state index in [4.69, 9.17) is 0 Å². The zero-order valence-electron chi connectivity index (χ0n) is 11.7. The number of nitrogens with one attached hydrogen (secondary N) is 1. The van der Waals surface area contributed by atoms with Crippen molar-refractivity contribution in [1.29, 1.82) is 0 Å². The van der Waals surface area contributed by atoms with Crippen molar-refractivity contribution in [3.8, 4) is 0 Å². The van der Waals surface area contributed by atoms with Crippen LogP contribution in [-0.4, -0.2) is 30.1 Å². The molecule has 18 heavy (non-hydrogen) atoms. The minimum absolute atomic E-state index is 0.117. The summed E-state index contributed by atoms with van der Waals surface area (Å²) in [5, 5.41) is 12.5. The van der Waals surface area contributed by atoms with Gasteiger partial charge in [0, 0.05) is 10.4 Å². The van der Waals surface area contributed by atoms with Gasteiger partial charge in [0.15, 0.2) is 0 Å². The summed E-state index contributed by atoms with van der Waals surface area (Å²) in [4.78, 5) is 1.35. The Morgan fingerprint density at radius 1 is 1.22 bits per heavy atom. The van der Waals surface area contributed by atoms with Crippen molar-refractivity contribution in [3.63, 3.8) is 0 Å². The van der Waals surface area contributed by atoms with Gasteiger partial charge in [0.2, 0.25) is 0 Å². The van der Waals surface area contributed by atoms with Gasteiger partial charge in [0.05, 0.1) is 6.61 Å². The second kappa shape index (κ2) is 7.82. The van der Waals surface area contributed by atoms with Gasteiger partial charge in [-0.1, -0.05) is 24.1 Å². The number of hydrogen-bond acceptors (Lipinski definition) is 3. The minimum Gasteiger partial charge on any atom is -0.394 e. The van der Waals surface area contributed by atoms with E-state index in [0.29, 0.717) is 0 Å². The van der Waals surface area contributed by atoms with Crippen molar-refractivity contribution in [2.24, 2.45) is 0 Å². The van der Waals surface area contributed by atoms with Crippen LogP contribution in [0.25, 0.3) is 0 Å². The molecule has 2 nitrogen and oxygen atoms in total. The van der Waals surface area contributed by atoms with Gasteiger partial charge >= 0.3 is 0 Å². The number of aliphatic hydroxyl groups is 1. The quantitative estimate of drug-likeness (QED) is 0.560. The molecular formula is C15H25NOS. The van der Waals surface area contributed by atoms with Gasteiger partial charge in [-0.2, -0.15) is 0 Å². The zero-order chi connectivity index (χ0) is 13.4. The maximum absolute atomic E-state index is 9.28. The van der Waals surface area contributed by atoms with E-state index in [0.717, 1.165) is 18.6 Å². The summed E-state index contributed by atoms with van der Waals surface area (Å²) in [5.74, 6) is 1.15.